The van der Waals surface area contributed by atoms with Crippen LogP contribution >= 0.6 is 11.6 Å². The first-order valence-electron chi connectivity index (χ1n) is 5.29. The van der Waals surface area contributed by atoms with Crippen LogP contribution in [-0.4, -0.2) is 28.0 Å². The number of rotatable bonds is 3. The number of hydrogen-bond acceptors (Lipinski definition) is 4. The number of aromatic nitrogens is 3. The molecule has 0 bridgehead atoms. The monoisotopic (exact) mass is 236 g/mol. The molecular weight excluding hydrogens is 224 g/mol. The molecule has 4 nitrogen and oxygen atoms in total. The Morgan fingerprint density at radius 2 is 2.00 bits per heavy atom. The average Bonchev–Trinajstić information content (AvgIpc) is 2.30. The van der Waals surface area contributed by atoms with E-state index in [2.05, 4.69) is 33.7 Å². The fourth-order valence-electron chi connectivity index (χ4n) is 1.67. The lowest BCUT2D eigenvalue weighted by molar-refractivity contribution is 0.846. The summed E-state index contributed by atoms with van der Waals surface area (Å²) < 4.78 is 0. The highest BCUT2D eigenvalue weighted by Gasteiger charge is 2.11. The number of halogens is 1. The van der Waals surface area contributed by atoms with Gasteiger partial charge in [-0.25, -0.2) is 4.98 Å². The smallest absolute Gasteiger partial charge is 0.225 e. The average molecular weight is 237 g/mol. The third-order valence-electron chi connectivity index (χ3n) is 2.47. The molecule has 5 heteroatoms. The second-order valence-electron chi connectivity index (χ2n) is 3.36. The predicted octanol–water partition coefficient (Wildman–Crippen LogP) is 2.52. The molecule has 0 unspecified atom stereocenters. The lowest BCUT2D eigenvalue weighted by Crippen LogP contribution is -2.23. The van der Waals surface area contributed by atoms with Crippen LogP contribution in [-0.2, 0) is 0 Å². The van der Waals surface area contributed by atoms with E-state index < -0.39 is 0 Å². The van der Waals surface area contributed by atoms with E-state index in [9.17, 15) is 0 Å². The van der Waals surface area contributed by atoms with E-state index in [0.29, 0.717) is 0 Å². The van der Waals surface area contributed by atoms with Crippen LogP contribution in [0.2, 0.25) is 5.28 Å². The molecule has 0 radical (unpaired) electrons. The van der Waals surface area contributed by atoms with Crippen molar-refractivity contribution < 1.29 is 0 Å². The fraction of sp³-hybridized carbons (Fsp3) is 0.364. The highest BCUT2D eigenvalue weighted by atomic mass is 35.5. The SMILES string of the molecule is CCN(CC)c1nc(Cl)nc2cccnc12. The lowest BCUT2D eigenvalue weighted by Gasteiger charge is -2.20. The van der Waals surface area contributed by atoms with Crippen LogP contribution in [0.15, 0.2) is 18.3 Å². The quantitative estimate of drug-likeness (QED) is 0.768. The fourth-order valence-corrected chi connectivity index (χ4v) is 1.84. The third-order valence-corrected chi connectivity index (χ3v) is 2.64. The Hall–Kier alpha value is -1.42. The number of fused-ring (bicyclic) bond motifs is 1. The molecule has 0 amide bonds. The number of anilines is 1. The maximum atomic E-state index is 5.91. The van der Waals surface area contributed by atoms with Gasteiger partial charge in [0.2, 0.25) is 5.28 Å². The number of nitrogens with zero attached hydrogens (tertiary/aromatic N) is 4. The van der Waals surface area contributed by atoms with Crippen molar-refractivity contribution in [3.63, 3.8) is 0 Å². The molecule has 84 valence electrons. The highest BCUT2D eigenvalue weighted by molar-refractivity contribution is 6.28. The molecule has 2 aromatic heterocycles. The standard InChI is InChI=1S/C11H13ClN4/c1-3-16(4-2)10-9-8(6-5-7-13-9)14-11(12)15-10/h5-7H,3-4H2,1-2H3. The van der Waals surface area contributed by atoms with E-state index in [4.69, 9.17) is 11.6 Å². The molecule has 2 heterocycles. The van der Waals surface area contributed by atoms with Crippen molar-refractivity contribution in [2.24, 2.45) is 0 Å². The van der Waals surface area contributed by atoms with Crippen molar-refractivity contribution in [2.45, 2.75) is 13.8 Å². The van der Waals surface area contributed by atoms with E-state index in [0.717, 1.165) is 29.9 Å². The van der Waals surface area contributed by atoms with Crippen molar-refractivity contribution in [3.05, 3.63) is 23.6 Å². The van der Waals surface area contributed by atoms with Crippen molar-refractivity contribution in [1.29, 1.82) is 0 Å². The van der Waals surface area contributed by atoms with Gasteiger partial charge in [0, 0.05) is 19.3 Å². The van der Waals surface area contributed by atoms with Crippen LogP contribution in [0, 0.1) is 0 Å². The normalized spacial score (nSPS) is 10.7. The van der Waals surface area contributed by atoms with Gasteiger partial charge < -0.3 is 4.90 Å². The van der Waals surface area contributed by atoms with Gasteiger partial charge in [0.1, 0.15) is 5.52 Å². The Labute approximate surface area is 99.3 Å². The highest BCUT2D eigenvalue weighted by Crippen LogP contribution is 2.22. The molecule has 0 N–H and O–H groups in total. The molecule has 16 heavy (non-hydrogen) atoms. The van der Waals surface area contributed by atoms with Gasteiger partial charge in [0.05, 0.1) is 5.52 Å². The molecule has 0 aliphatic heterocycles. The van der Waals surface area contributed by atoms with Crippen LogP contribution in [0.4, 0.5) is 5.82 Å². The minimum Gasteiger partial charge on any atom is -0.355 e. The van der Waals surface area contributed by atoms with Gasteiger partial charge in [-0.15, -0.1) is 0 Å². The van der Waals surface area contributed by atoms with Gasteiger partial charge in [0.15, 0.2) is 5.82 Å². The van der Waals surface area contributed by atoms with Gasteiger partial charge in [0.25, 0.3) is 0 Å². The summed E-state index contributed by atoms with van der Waals surface area (Å²) in [7, 11) is 0. The first kappa shape index (κ1) is 11.1. The van der Waals surface area contributed by atoms with Gasteiger partial charge in [-0.05, 0) is 37.6 Å². The minimum absolute atomic E-state index is 0.266. The van der Waals surface area contributed by atoms with Gasteiger partial charge >= 0.3 is 0 Å². The molecule has 0 aliphatic carbocycles. The van der Waals surface area contributed by atoms with Crippen molar-refractivity contribution in [3.8, 4) is 0 Å². The molecule has 2 rings (SSSR count). The maximum Gasteiger partial charge on any atom is 0.225 e. The summed E-state index contributed by atoms with van der Waals surface area (Å²) in [5.41, 5.74) is 1.58. The first-order valence-corrected chi connectivity index (χ1v) is 5.67. The number of pyridine rings is 1. The van der Waals surface area contributed by atoms with E-state index in [1.807, 2.05) is 12.1 Å². The first-order chi connectivity index (χ1) is 7.76. The van der Waals surface area contributed by atoms with Crippen LogP contribution in [0.5, 0.6) is 0 Å². The molecule has 0 atom stereocenters. The zero-order chi connectivity index (χ0) is 11.5. The predicted molar refractivity (Wildman–Crippen MR) is 65.9 cm³/mol. The van der Waals surface area contributed by atoms with Crippen LogP contribution in [0.25, 0.3) is 11.0 Å². The van der Waals surface area contributed by atoms with E-state index >= 15 is 0 Å². The van der Waals surface area contributed by atoms with E-state index in [-0.39, 0.29) is 5.28 Å². The van der Waals surface area contributed by atoms with Gasteiger partial charge in [-0.3, -0.25) is 4.98 Å². The third kappa shape index (κ3) is 1.93. The lowest BCUT2D eigenvalue weighted by atomic mass is 10.3. The zero-order valence-corrected chi connectivity index (χ0v) is 10.1. The summed E-state index contributed by atoms with van der Waals surface area (Å²) in [6.07, 6.45) is 1.74. The molecule has 0 spiro atoms. The van der Waals surface area contributed by atoms with E-state index in [1.54, 1.807) is 6.20 Å². The number of hydrogen-bond donors (Lipinski definition) is 0. The van der Waals surface area contributed by atoms with Crippen LogP contribution in [0.1, 0.15) is 13.8 Å². The van der Waals surface area contributed by atoms with Gasteiger partial charge in [-0.1, -0.05) is 0 Å². The molecule has 2 aromatic rings. The molecule has 0 saturated carbocycles. The van der Waals surface area contributed by atoms with Crippen LogP contribution < -0.4 is 4.90 Å². The Morgan fingerprint density at radius 1 is 1.25 bits per heavy atom. The Balaban J connectivity index is 2.66. The van der Waals surface area contributed by atoms with Crippen LogP contribution in [0.3, 0.4) is 0 Å². The summed E-state index contributed by atoms with van der Waals surface area (Å²) in [6, 6.07) is 3.74. The molecule has 0 saturated heterocycles. The summed E-state index contributed by atoms with van der Waals surface area (Å²) in [5.74, 6) is 0.806. The van der Waals surface area contributed by atoms with Gasteiger partial charge in [-0.2, -0.15) is 4.98 Å². The zero-order valence-electron chi connectivity index (χ0n) is 9.31. The van der Waals surface area contributed by atoms with Crippen molar-refractivity contribution in [1.82, 2.24) is 15.0 Å². The second kappa shape index (κ2) is 4.61. The summed E-state index contributed by atoms with van der Waals surface area (Å²) in [4.78, 5) is 14.8. The second-order valence-corrected chi connectivity index (χ2v) is 3.70. The summed E-state index contributed by atoms with van der Waals surface area (Å²) >= 11 is 5.91. The Kier molecular flexibility index (Phi) is 3.19. The Morgan fingerprint density at radius 3 is 2.69 bits per heavy atom. The Bertz CT molecular complexity index is 496. The molecule has 0 aliphatic rings. The largest absolute Gasteiger partial charge is 0.355 e. The molecular formula is C11H13ClN4. The van der Waals surface area contributed by atoms with Crippen molar-refractivity contribution in [2.75, 3.05) is 18.0 Å². The maximum absolute atomic E-state index is 5.91. The minimum atomic E-state index is 0.266. The molecule has 0 fully saturated rings. The molecule has 0 aromatic carbocycles. The topological polar surface area (TPSA) is 41.9 Å². The van der Waals surface area contributed by atoms with E-state index in [1.165, 1.54) is 0 Å². The summed E-state index contributed by atoms with van der Waals surface area (Å²) in [6.45, 7) is 5.90. The van der Waals surface area contributed by atoms with Crippen molar-refractivity contribution >= 4 is 28.5 Å². The summed E-state index contributed by atoms with van der Waals surface area (Å²) in [5, 5.41) is 0.266.